The van der Waals surface area contributed by atoms with Gasteiger partial charge in [-0.05, 0) is 25.8 Å². The van der Waals surface area contributed by atoms with Gasteiger partial charge in [-0.3, -0.25) is 0 Å². The minimum Gasteiger partial charge on any atom is -0.375 e. The lowest BCUT2D eigenvalue weighted by Gasteiger charge is -2.37. The zero-order chi connectivity index (χ0) is 14.9. The van der Waals surface area contributed by atoms with Crippen molar-refractivity contribution in [1.82, 2.24) is 0 Å². The first-order valence-electron chi connectivity index (χ1n) is 8.14. The minimum absolute atomic E-state index is 0.154. The Morgan fingerprint density at radius 2 is 2.05 bits per heavy atom. The van der Waals surface area contributed by atoms with Gasteiger partial charge in [-0.2, -0.15) is 0 Å². The average molecular weight is 286 g/mol. The van der Waals surface area contributed by atoms with Gasteiger partial charge in [0.25, 0.3) is 0 Å². The van der Waals surface area contributed by atoms with Crippen molar-refractivity contribution < 1.29 is 9.47 Å². The molecule has 3 atom stereocenters. The van der Waals surface area contributed by atoms with Crippen LogP contribution in [0.1, 0.15) is 52.0 Å². The van der Waals surface area contributed by atoms with Gasteiger partial charge < -0.3 is 9.47 Å². The van der Waals surface area contributed by atoms with E-state index in [1.165, 1.54) is 17.6 Å². The number of unbranched alkanes of at least 4 members (excludes halogenated alkanes) is 1. The van der Waals surface area contributed by atoms with Crippen LogP contribution in [0.4, 0.5) is 0 Å². The van der Waals surface area contributed by atoms with Crippen molar-refractivity contribution in [2.24, 2.45) is 0 Å². The lowest BCUT2D eigenvalue weighted by atomic mass is 9.85. The molecule has 0 saturated carbocycles. The van der Waals surface area contributed by atoms with Crippen molar-refractivity contribution in [2.45, 2.75) is 63.8 Å². The molecule has 114 valence electrons. The van der Waals surface area contributed by atoms with Crippen LogP contribution < -0.4 is 0 Å². The molecule has 1 aromatic carbocycles. The molecule has 1 fully saturated rings. The van der Waals surface area contributed by atoms with Gasteiger partial charge in [-0.15, -0.1) is 0 Å². The van der Waals surface area contributed by atoms with Crippen LogP contribution >= 0.6 is 0 Å². The highest BCUT2D eigenvalue weighted by atomic mass is 16.6. The average Bonchev–Trinajstić information content (AvgIpc) is 2.67. The Balaban J connectivity index is 1.89. The van der Waals surface area contributed by atoms with Crippen molar-refractivity contribution in [2.75, 3.05) is 6.61 Å². The van der Waals surface area contributed by atoms with E-state index in [4.69, 9.17) is 9.47 Å². The number of rotatable bonds is 5. The Kier molecular flexibility index (Phi) is 3.94. The SMILES string of the molecule is CCCCO[C@@H]1C[C@@]2(c3ccccc3)CC(C)=C[C@]1(C)O2. The van der Waals surface area contributed by atoms with E-state index >= 15 is 0 Å². The smallest absolute Gasteiger partial charge is 0.111 e. The van der Waals surface area contributed by atoms with E-state index in [1.807, 2.05) is 0 Å². The van der Waals surface area contributed by atoms with Crippen molar-refractivity contribution in [3.8, 4) is 0 Å². The summed E-state index contributed by atoms with van der Waals surface area (Å²) in [5.74, 6) is 0. The number of fused-ring (bicyclic) bond motifs is 2. The standard InChI is InChI=1S/C19H26O2/c1-4-5-11-20-17-14-19(16-9-7-6-8-10-16)13-15(2)12-18(17,3)21-19/h6-10,12,17H,4-5,11,13-14H2,1-3H3/t17-,18+,19-/m1/s1. The molecule has 3 rings (SSSR count). The second-order valence-corrected chi connectivity index (χ2v) is 6.73. The minimum atomic E-state index is -0.286. The molecule has 0 radical (unpaired) electrons. The number of ether oxygens (including phenoxy) is 2. The summed E-state index contributed by atoms with van der Waals surface area (Å²) in [4.78, 5) is 0. The highest BCUT2D eigenvalue weighted by Crippen LogP contribution is 2.53. The summed E-state index contributed by atoms with van der Waals surface area (Å²) in [6.45, 7) is 7.42. The second-order valence-electron chi connectivity index (χ2n) is 6.73. The third-order valence-corrected chi connectivity index (χ3v) is 4.78. The van der Waals surface area contributed by atoms with E-state index in [9.17, 15) is 0 Å². The highest BCUT2D eigenvalue weighted by Gasteiger charge is 2.56. The maximum absolute atomic E-state index is 6.57. The first-order chi connectivity index (χ1) is 10.1. The van der Waals surface area contributed by atoms with Crippen LogP contribution in [0.5, 0.6) is 0 Å². The van der Waals surface area contributed by atoms with E-state index < -0.39 is 0 Å². The summed E-state index contributed by atoms with van der Waals surface area (Å²) in [5, 5.41) is 0. The zero-order valence-electron chi connectivity index (χ0n) is 13.4. The Bertz CT molecular complexity index is 522. The van der Waals surface area contributed by atoms with Gasteiger partial charge in [-0.1, -0.05) is 55.3 Å². The Morgan fingerprint density at radius 3 is 2.76 bits per heavy atom. The summed E-state index contributed by atoms with van der Waals surface area (Å²) in [7, 11) is 0. The van der Waals surface area contributed by atoms with Gasteiger partial charge in [0, 0.05) is 19.4 Å². The Labute approximate surface area is 128 Å². The summed E-state index contributed by atoms with van der Waals surface area (Å²) in [6.07, 6.45) is 6.64. The van der Waals surface area contributed by atoms with Crippen LogP contribution in [0.2, 0.25) is 0 Å². The quantitative estimate of drug-likeness (QED) is 0.582. The van der Waals surface area contributed by atoms with Gasteiger partial charge in [0.05, 0.1) is 6.10 Å². The molecule has 1 aromatic rings. The lowest BCUT2D eigenvalue weighted by Crippen LogP contribution is -2.39. The molecular formula is C19H26O2. The van der Waals surface area contributed by atoms with Crippen molar-refractivity contribution in [1.29, 1.82) is 0 Å². The number of benzene rings is 1. The fourth-order valence-corrected chi connectivity index (χ4v) is 3.87. The first kappa shape index (κ1) is 14.8. The summed E-state index contributed by atoms with van der Waals surface area (Å²) in [5.41, 5.74) is 2.21. The fraction of sp³-hybridized carbons (Fsp3) is 0.579. The fourth-order valence-electron chi connectivity index (χ4n) is 3.87. The maximum atomic E-state index is 6.57. The molecule has 2 aliphatic rings. The topological polar surface area (TPSA) is 18.5 Å². The largest absolute Gasteiger partial charge is 0.375 e. The molecule has 2 aliphatic heterocycles. The molecule has 21 heavy (non-hydrogen) atoms. The molecule has 0 unspecified atom stereocenters. The predicted octanol–water partition coefficient (Wildman–Crippen LogP) is 4.60. The van der Waals surface area contributed by atoms with Crippen LogP contribution in [0.15, 0.2) is 42.0 Å². The van der Waals surface area contributed by atoms with Gasteiger partial charge in [0.1, 0.15) is 11.2 Å². The van der Waals surface area contributed by atoms with Gasteiger partial charge in [-0.25, -0.2) is 0 Å². The molecule has 2 bridgehead atoms. The predicted molar refractivity (Wildman–Crippen MR) is 85.2 cm³/mol. The van der Waals surface area contributed by atoms with Gasteiger partial charge in [0.2, 0.25) is 0 Å². The van der Waals surface area contributed by atoms with Crippen molar-refractivity contribution in [3.63, 3.8) is 0 Å². The second kappa shape index (κ2) is 5.58. The molecule has 1 saturated heterocycles. The molecule has 0 spiro atoms. The van der Waals surface area contributed by atoms with E-state index in [1.54, 1.807) is 0 Å². The molecule has 2 heteroatoms. The zero-order valence-corrected chi connectivity index (χ0v) is 13.4. The van der Waals surface area contributed by atoms with Gasteiger partial charge >= 0.3 is 0 Å². The van der Waals surface area contributed by atoms with Gasteiger partial charge in [0.15, 0.2) is 0 Å². The summed E-state index contributed by atoms with van der Waals surface area (Å²) < 4.78 is 12.8. The lowest BCUT2D eigenvalue weighted by molar-refractivity contribution is -0.110. The van der Waals surface area contributed by atoms with Crippen LogP contribution in [-0.4, -0.2) is 18.3 Å². The molecule has 0 amide bonds. The van der Waals surface area contributed by atoms with Crippen LogP contribution in [0, 0.1) is 0 Å². The maximum Gasteiger partial charge on any atom is 0.111 e. The molecule has 2 nitrogen and oxygen atoms in total. The van der Waals surface area contributed by atoms with Crippen LogP contribution in [0.3, 0.4) is 0 Å². The molecular weight excluding hydrogens is 260 g/mol. The molecule has 2 heterocycles. The van der Waals surface area contributed by atoms with Crippen LogP contribution in [-0.2, 0) is 15.1 Å². The highest BCUT2D eigenvalue weighted by molar-refractivity contribution is 5.33. The van der Waals surface area contributed by atoms with Crippen molar-refractivity contribution >= 4 is 0 Å². The first-order valence-corrected chi connectivity index (χ1v) is 8.14. The van der Waals surface area contributed by atoms with Crippen molar-refractivity contribution in [3.05, 3.63) is 47.5 Å². The molecule has 0 aliphatic carbocycles. The van der Waals surface area contributed by atoms with E-state index in [-0.39, 0.29) is 17.3 Å². The third-order valence-electron chi connectivity index (χ3n) is 4.78. The van der Waals surface area contributed by atoms with E-state index in [0.29, 0.717) is 0 Å². The summed E-state index contributed by atoms with van der Waals surface area (Å²) >= 11 is 0. The monoisotopic (exact) mass is 286 g/mol. The Morgan fingerprint density at radius 1 is 1.29 bits per heavy atom. The number of hydrogen-bond acceptors (Lipinski definition) is 2. The third kappa shape index (κ3) is 2.67. The van der Waals surface area contributed by atoms with E-state index in [0.717, 1.165) is 25.9 Å². The summed E-state index contributed by atoms with van der Waals surface area (Å²) in [6, 6.07) is 10.6. The van der Waals surface area contributed by atoms with Crippen LogP contribution in [0.25, 0.3) is 0 Å². The Hall–Kier alpha value is -1.12. The number of hydrogen-bond donors (Lipinski definition) is 0. The van der Waals surface area contributed by atoms with E-state index in [2.05, 4.69) is 57.2 Å². The normalized spacial score (nSPS) is 34.8. The molecule has 0 aromatic heterocycles. The molecule has 0 N–H and O–H groups in total.